The van der Waals surface area contributed by atoms with E-state index in [1.165, 1.54) is 31.3 Å². The molecule has 0 radical (unpaired) electrons. The Morgan fingerprint density at radius 1 is 1.18 bits per heavy atom. The van der Waals surface area contributed by atoms with Crippen molar-refractivity contribution in [1.82, 2.24) is 9.78 Å². The van der Waals surface area contributed by atoms with E-state index in [4.69, 9.17) is 16.3 Å². The predicted molar refractivity (Wildman–Crippen MR) is 134 cm³/mol. The van der Waals surface area contributed by atoms with Gasteiger partial charge in [0.1, 0.15) is 18.4 Å². The smallest absolute Gasteiger partial charge is 0.416 e. The molecule has 3 rings (SSSR count). The van der Waals surface area contributed by atoms with Crippen LogP contribution in [0.1, 0.15) is 48.0 Å². The lowest BCUT2D eigenvalue weighted by molar-refractivity contribution is -0.137. The fraction of sp³-hybridized carbons (Fsp3) is 0.308. The molecule has 0 bridgehead atoms. The van der Waals surface area contributed by atoms with Crippen LogP contribution in [-0.2, 0) is 11.0 Å². The standard InChI is InChI=1S/C26H24ClF3N4O4/c1-15-19(12-34(32-15)21-10-17(26(28,29)30)5-7-20(21)27)24(37)33(13-23(35)36)18-6-8-22(16(9-18)11-31)38-14-25(2,3)4/h5-10,12H,13-14H2,1-4H3,(H,35,36). The molecule has 2 aromatic carbocycles. The van der Waals surface area contributed by atoms with Crippen LogP contribution in [0.25, 0.3) is 5.69 Å². The highest BCUT2D eigenvalue weighted by molar-refractivity contribution is 6.32. The normalized spacial score (nSPS) is 11.7. The highest BCUT2D eigenvalue weighted by Crippen LogP contribution is 2.33. The van der Waals surface area contributed by atoms with Crippen LogP contribution < -0.4 is 9.64 Å². The highest BCUT2D eigenvalue weighted by Gasteiger charge is 2.32. The average Bonchev–Trinajstić information content (AvgIpc) is 3.20. The lowest BCUT2D eigenvalue weighted by Crippen LogP contribution is -2.36. The van der Waals surface area contributed by atoms with E-state index in [1.807, 2.05) is 26.8 Å². The number of carbonyl (C=O) groups excluding carboxylic acids is 1. The van der Waals surface area contributed by atoms with Crippen LogP contribution >= 0.6 is 11.6 Å². The number of aryl methyl sites for hydroxylation is 1. The molecule has 0 aliphatic heterocycles. The summed E-state index contributed by atoms with van der Waals surface area (Å²) in [6, 6.07) is 8.94. The number of ether oxygens (including phenoxy) is 1. The maximum atomic E-state index is 13.5. The highest BCUT2D eigenvalue weighted by atomic mass is 35.5. The lowest BCUT2D eigenvalue weighted by atomic mass is 9.98. The Bertz CT molecular complexity index is 1420. The molecule has 0 unspecified atom stereocenters. The zero-order chi connectivity index (χ0) is 28.4. The second kappa shape index (κ2) is 10.8. The minimum Gasteiger partial charge on any atom is -0.492 e. The summed E-state index contributed by atoms with van der Waals surface area (Å²) < 4.78 is 46.4. The van der Waals surface area contributed by atoms with Crippen molar-refractivity contribution in [3.05, 3.63) is 70.0 Å². The molecule has 0 atom stereocenters. The Labute approximate surface area is 221 Å². The first-order chi connectivity index (χ1) is 17.6. The Hall–Kier alpha value is -4.04. The zero-order valence-corrected chi connectivity index (χ0v) is 21.7. The summed E-state index contributed by atoms with van der Waals surface area (Å²) in [7, 11) is 0. The first kappa shape index (κ1) is 28.5. The minimum absolute atomic E-state index is 0.0357. The van der Waals surface area contributed by atoms with E-state index in [0.29, 0.717) is 6.61 Å². The van der Waals surface area contributed by atoms with Gasteiger partial charge in [0.25, 0.3) is 5.91 Å². The van der Waals surface area contributed by atoms with Gasteiger partial charge in [0.15, 0.2) is 0 Å². The fourth-order valence-electron chi connectivity index (χ4n) is 3.41. The number of carboxylic acid groups (broad SMARTS) is 1. The number of carboxylic acids is 1. The van der Waals surface area contributed by atoms with E-state index < -0.39 is 30.2 Å². The van der Waals surface area contributed by atoms with Crippen LogP contribution in [0, 0.1) is 23.7 Å². The fourth-order valence-corrected chi connectivity index (χ4v) is 3.62. The maximum absolute atomic E-state index is 13.5. The van der Waals surface area contributed by atoms with Crippen molar-refractivity contribution in [2.75, 3.05) is 18.1 Å². The molecule has 0 aliphatic carbocycles. The van der Waals surface area contributed by atoms with Gasteiger partial charge in [-0.2, -0.15) is 23.5 Å². The van der Waals surface area contributed by atoms with Gasteiger partial charge in [-0.15, -0.1) is 0 Å². The molecule has 1 aromatic heterocycles. The van der Waals surface area contributed by atoms with Gasteiger partial charge < -0.3 is 9.84 Å². The average molecular weight is 549 g/mol. The quantitative estimate of drug-likeness (QED) is 0.395. The van der Waals surface area contributed by atoms with E-state index in [9.17, 15) is 33.1 Å². The summed E-state index contributed by atoms with van der Waals surface area (Å²) in [6.07, 6.45) is -3.44. The summed E-state index contributed by atoms with van der Waals surface area (Å²) in [4.78, 5) is 26.0. The third-order valence-corrected chi connectivity index (χ3v) is 5.56. The third-order valence-electron chi connectivity index (χ3n) is 5.24. The number of hydrogen-bond acceptors (Lipinski definition) is 5. The first-order valence-corrected chi connectivity index (χ1v) is 11.6. The molecule has 0 fully saturated rings. The van der Waals surface area contributed by atoms with Gasteiger partial charge in [-0.3, -0.25) is 14.5 Å². The summed E-state index contributed by atoms with van der Waals surface area (Å²) in [5.74, 6) is -1.83. The van der Waals surface area contributed by atoms with Gasteiger partial charge in [-0.1, -0.05) is 32.4 Å². The van der Waals surface area contributed by atoms with Crippen LogP contribution in [-0.4, -0.2) is 39.9 Å². The van der Waals surface area contributed by atoms with Crippen molar-refractivity contribution < 1.29 is 32.6 Å². The molecule has 200 valence electrons. The SMILES string of the molecule is Cc1nn(-c2cc(C(F)(F)F)ccc2Cl)cc1C(=O)N(CC(=O)O)c1ccc(OCC(C)(C)C)c(C#N)c1. The molecule has 3 aromatic rings. The number of aliphatic carboxylic acids is 1. The van der Waals surface area contributed by atoms with Crippen molar-refractivity contribution in [2.24, 2.45) is 5.41 Å². The second-order valence-electron chi connectivity index (χ2n) is 9.66. The Morgan fingerprint density at radius 3 is 2.45 bits per heavy atom. The number of hydrogen-bond donors (Lipinski definition) is 1. The number of nitrogens with zero attached hydrogens (tertiary/aromatic N) is 4. The van der Waals surface area contributed by atoms with E-state index in [-0.39, 0.29) is 44.4 Å². The van der Waals surface area contributed by atoms with Gasteiger partial charge in [-0.05, 0) is 48.7 Å². The predicted octanol–water partition coefficient (Wildman–Crippen LogP) is 5.88. The Kier molecular flexibility index (Phi) is 8.07. The zero-order valence-electron chi connectivity index (χ0n) is 20.9. The van der Waals surface area contributed by atoms with Crippen molar-refractivity contribution in [3.63, 3.8) is 0 Å². The maximum Gasteiger partial charge on any atom is 0.416 e. The molecule has 1 N–H and O–H groups in total. The molecule has 12 heteroatoms. The number of nitriles is 1. The van der Waals surface area contributed by atoms with Gasteiger partial charge in [0, 0.05) is 11.9 Å². The molecule has 1 heterocycles. The minimum atomic E-state index is -4.63. The van der Waals surface area contributed by atoms with Crippen LogP contribution in [0.5, 0.6) is 5.75 Å². The van der Waals surface area contributed by atoms with Gasteiger partial charge in [-0.25, -0.2) is 4.68 Å². The van der Waals surface area contributed by atoms with Crippen LogP contribution in [0.4, 0.5) is 18.9 Å². The summed E-state index contributed by atoms with van der Waals surface area (Å²) in [6.45, 7) is 6.88. The number of halogens is 4. The number of anilines is 1. The van der Waals surface area contributed by atoms with Gasteiger partial charge >= 0.3 is 12.1 Å². The van der Waals surface area contributed by atoms with Gasteiger partial charge in [0.05, 0.1) is 39.7 Å². The topological polar surface area (TPSA) is 108 Å². The molecular formula is C26H24ClF3N4O4. The number of rotatable bonds is 7. The third kappa shape index (κ3) is 6.63. The first-order valence-electron chi connectivity index (χ1n) is 11.2. The summed E-state index contributed by atoms with van der Waals surface area (Å²) in [5.41, 5.74) is -0.976. The Balaban J connectivity index is 2.02. The van der Waals surface area contributed by atoms with Crippen molar-refractivity contribution in [2.45, 2.75) is 33.9 Å². The van der Waals surface area contributed by atoms with E-state index in [2.05, 4.69) is 5.10 Å². The molecule has 8 nitrogen and oxygen atoms in total. The van der Waals surface area contributed by atoms with E-state index >= 15 is 0 Å². The Morgan fingerprint density at radius 2 is 1.87 bits per heavy atom. The van der Waals surface area contributed by atoms with E-state index in [1.54, 1.807) is 0 Å². The van der Waals surface area contributed by atoms with Crippen molar-refractivity contribution >= 4 is 29.2 Å². The number of benzene rings is 2. The molecular weight excluding hydrogens is 525 g/mol. The van der Waals surface area contributed by atoms with Crippen LogP contribution in [0.15, 0.2) is 42.6 Å². The van der Waals surface area contributed by atoms with Crippen LogP contribution in [0.2, 0.25) is 5.02 Å². The molecule has 0 aliphatic rings. The molecule has 38 heavy (non-hydrogen) atoms. The molecule has 0 saturated carbocycles. The summed E-state index contributed by atoms with van der Waals surface area (Å²) >= 11 is 6.11. The number of aromatic nitrogens is 2. The molecule has 0 spiro atoms. The molecule has 1 amide bonds. The second-order valence-corrected chi connectivity index (χ2v) is 10.1. The molecule has 0 saturated heterocycles. The van der Waals surface area contributed by atoms with Crippen LogP contribution in [0.3, 0.4) is 0 Å². The van der Waals surface area contributed by atoms with Crippen molar-refractivity contribution in [3.8, 4) is 17.5 Å². The van der Waals surface area contributed by atoms with E-state index in [0.717, 1.165) is 27.8 Å². The van der Waals surface area contributed by atoms with Crippen molar-refractivity contribution in [1.29, 1.82) is 5.26 Å². The lowest BCUT2D eigenvalue weighted by Gasteiger charge is -2.23. The summed E-state index contributed by atoms with van der Waals surface area (Å²) in [5, 5.41) is 23.2. The largest absolute Gasteiger partial charge is 0.492 e. The number of alkyl halides is 3. The number of amides is 1. The monoisotopic (exact) mass is 548 g/mol. The number of carbonyl (C=O) groups is 2. The van der Waals surface area contributed by atoms with Gasteiger partial charge in [0.2, 0.25) is 0 Å².